The van der Waals surface area contributed by atoms with Crippen LogP contribution < -0.4 is 5.73 Å². The predicted octanol–water partition coefficient (Wildman–Crippen LogP) is -0.997. The van der Waals surface area contributed by atoms with E-state index in [1.807, 2.05) is 0 Å². The topological polar surface area (TPSA) is 133 Å². The summed E-state index contributed by atoms with van der Waals surface area (Å²) in [6.45, 7) is -0.375. The van der Waals surface area contributed by atoms with Crippen LogP contribution in [-0.4, -0.2) is 51.1 Å². The van der Waals surface area contributed by atoms with Crippen LogP contribution in [0.25, 0.3) is 0 Å². The molecule has 1 aliphatic rings. The monoisotopic (exact) mass is 295 g/mol. The van der Waals surface area contributed by atoms with Crippen molar-refractivity contribution in [2.75, 3.05) is 6.61 Å². The smallest absolute Gasteiger partial charge is 0.142 e. The van der Waals surface area contributed by atoms with Crippen molar-refractivity contribution in [1.29, 1.82) is 5.41 Å². The lowest BCUT2D eigenvalue weighted by Crippen LogP contribution is -2.32. The van der Waals surface area contributed by atoms with Gasteiger partial charge in [-0.15, -0.1) is 23.7 Å². The van der Waals surface area contributed by atoms with E-state index < -0.39 is 24.4 Å². The fourth-order valence-corrected chi connectivity index (χ4v) is 2.54. The highest BCUT2D eigenvalue weighted by molar-refractivity contribution is 7.09. The largest absolute Gasteiger partial charge is 0.394 e. The van der Waals surface area contributed by atoms with Crippen molar-refractivity contribution < 1.29 is 20.1 Å². The number of thiazole rings is 1. The van der Waals surface area contributed by atoms with Crippen molar-refractivity contribution in [3.8, 4) is 0 Å². The van der Waals surface area contributed by atoms with E-state index in [0.29, 0.717) is 10.7 Å². The Morgan fingerprint density at radius 2 is 2.17 bits per heavy atom. The van der Waals surface area contributed by atoms with Crippen molar-refractivity contribution >= 4 is 29.6 Å². The quantitative estimate of drug-likeness (QED) is 0.359. The zero-order valence-corrected chi connectivity index (χ0v) is 10.8. The number of nitrogen functional groups attached to an aromatic ring is 1. The van der Waals surface area contributed by atoms with Crippen LogP contribution in [0.2, 0.25) is 0 Å². The highest BCUT2D eigenvalue weighted by Crippen LogP contribution is 2.34. The molecule has 1 aromatic heterocycles. The van der Waals surface area contributed by atoms with Crippen molar-refractivity contribution in [1.82, 2.24) is 4.98 Å². The first-order valence-corrected chi connectivity index (χ1v) is 5.84. The van der Waals surface area contributed by atoms with Gasteiger partial charge in [-0.2, -0.15) is 0 Å². The molecular formula is C9H14ClN3O4S. The molecule has 2 heterocycles. The van der Waals surface area contributed by atoms with Gasteiger partial charge in [0.25, 0.3) is 0 Å². The number of aliphatic hydroxyl groups is 3. The molecule has 0 radical (unpaired) electrons. The Morgan fingerprint density at radius 3 is 2.61 bits per heavy atom. The van der Waals surface area contributed by atoms with Gasteiger partial charge < -0.3 is 25.8 Å². The summed E-state index contributed by atoms with van der Waals surface area (Å²) in [5.74, 6) is -0.167. The molecule has 0 aliphatic carbocycles. The van der Waals surface area contributed by atoms with E-state index in [-0.39, 0.29) is 24.8 Å². The van der Waals surface area contributed by atoms with E-state index in [2.05, 4.69) is 4.98 Å². The van der Waals surface area contributed by atoms with Crippen LogP contribution in [0, 0.1) is 5.41 Å². The minimum atomic E-state index is -1.14. The molecule has 4 atom stereocenters. The fraction of sp³-hybridized carbons (Fsp3) is 0.556. The van der Waals surface area contributed by atoms with Gasteiger partial charge in [0.2, 0.25) is 0 Å². The van der Waals surface area contributed by atoms with E-state index in [0.717, 1.165) is 0 Å². The predicted molar refractivity (Wildman–Crippen MR) is 67.1 cm³/mol. The van der Waals surface area contributed by atoms with Gasteiger partial charge in [-0.1, -0.05) is 0 Å². The number of hydrogen-bond donors (Lipinski definition) is 5. The van der Waals surface area contributed by atoms with E-state index in [4.69, 9.17) is 21.0 Å². The number of hydrogen-bond acceptors (Lipinski definition) is 7. The molecule has 0 amide bonds. The van der Waals surface area contributed by atoms with Gasteiger partial charge in [0, 0.05) is 5.38 Å². The molecule has 18 heavy (non-hydrogen) atoms. The lowest BCUT2D eigenvalue weighted by Gasteiger charge is -2.11. The normalized spacial score (nSPS) is 31.1. The van der Waals surface area contributed by atoms with Crippen LogP contribution in [0.4, 0.5) is 0 Å². The first-order valence-electron chi connectivity index (χ1n) is 4.97. The van der Waals surface area contributed by atoms with Crippen LogP contribution in [0.15, 0.2) is 5.38 Å². The minimum Gasteiger partial charge on any atom is -0.394 e. The number of rotatable bonds is 3. The maximum atomic E-state index is 9.76. The average Bonchev–Trinajstić information content (AvgIpc) is 2.87. The summed E-state index contributed by atoms with van der Waals surface area (Å²) in [7, 11) is 0. The highest BCUT2D eigenvalue weighted by Gasteiger charge is 2.44. The van der Waals surface area contributed by atoms with Gasteiger partial charge >= 0.3 is 0 Å². The van der Waals surface area contributed by atoms with Gasteiger partial charge in [-0.3, -0.25) is 5.41 Å². The molecule has 1 aromatic rings. The number of halogens is 1. The zero-order valence-electron chi connectivity index (χ0n) is 9.18. The van der Waals surface area contributed by atoms with Crippen molar-refractivity contribution in [2.24, 2.45) is 5.73 Å². The zero-order chi connectivity index (χ0) is 12.6. The van der Waals surface area contributed by atoms with Gasteiger partial charge in [-0.25, -0.2) is 4.98 Å². The Kier molecular flexibility index (Phi) is 5.02. The van der Waals surface area contributed by atoms with Gasteiger partial charge in [0.05, 0.1) is 6.61 Å². The maximum absolute atomic E-state index is 9.76. The third-order valence-electron chi connectivity index (χ3n) is 2.58. The standard InChI is InChI=1S/C9H13N3O4S.ClH/c10-8(11)3-2-17-9(12-3)7-6(15)5(14)4(1-13)16-7;/h2,4-7,13-15H,1H2,(H3,10,11);1H. The lowest BCUT2D eigenvalue weighted by atomic mass is 10.1. The Hall–Kier alpha value is -0.770. The summed E-state index contributed by atoms with van der Waals surface area (Å²) in [6, 6.07) is 0. The molecule has 9 heteroatoms. The highest BCUT2D eigenvalue weighted by atomic mass is 35.5. The summed E-state index contributed by atoms with van der Waals surface area (Å²) in [5, 5.41) is 37.5. The third-order valence-corrected chi connectivity index (χ3v) is 3.49. The maximum Gasteiger partial charge on any atom is 0.142 e. The molecule has 6 N–H and O–H groups in total. The van der Waals surface area contributed by atoms with Crippen LogP contribution in [0.3, 0.4) is 0 Å². The third kappa shape index (κ3) is 2.63. The van der Waals surface area contributed by atoms with Crippen molar-refractivity contribution in [2.45, 2.75) is 24.4 Å². The van der Waals surface area contributed by atoms with Gasteiger partial charge in [-0.05, 0) is 0 Å². The Balaban J connectivity index is 0.00000162. The van der Waals surface area contributed by atoms with E-state index in [1.165, 1.54) is 11.3 Å². The Bertz CT molecular complexity index is 430. The molecule has 2 rings (SSSR count). The summed E-state index contributed by atoms with van der Waals surface area (Å²) < 4.78 is 5.30. The molecule has 1 aliphatic heterocycles. The van der Waals surface area contributed by atoms with E-state index in [9.17, 15) is 10.2 Å². The minimum absolute atomic E-state index is 0. The van der Waals surface area contributed by atoms with Crippen LogP contribution in [0.5, 0.6) is 0 Å². The molecule has 0 bridgehead atoms. The van der Waals surface area contributed by atoms with Gasteiger partial charge in [0.15, 0.2) is 0 Å². The number of amidine groups is 1. The molecule has 7 nitrogen and oxygen atoms in total. The van der Waals surface area contributed by atoms with Crippen molar-refractivity contribution in [3.05, 3.63) is 16.1 Å². The molecule has 102 valence electrons. The summed E-state index contributed by atoms with van der Waals surface area (Å²) in [4.78, 5) is 4.04. The second-order valence-corrected chi connectivity index (χ2v) is 4.63. The van der Waals surface area contributed by atoms with E-state index in [1.54, 1.807) is 5.38 Å². The van der Waals surface area contributed by atoms with Crippen molar-refractivity contribution in [3.63, 3.8) is 0 Å². The van der Waals surface area contributed by atoms with E-state index >= 15 is 0 Å². The van der Waals surface area contributed by atoms with Gasteiger partial charge in [0.1, 0.15) is 41.0 Å². The Labute approximate surface area is 113 Å². The number of nitrogens with two attached hydrogens (primary N) is 1. The fourth-order valence-electron chi connectivity index (χ4n) is 1.65. The van der Waals surface area contributed by atoms with Crippen LogP contribution >= 0.6 is 23.7 Å². The lowest BCUT2D eigenvalue weighted by molar-refractivity contribution is -0.0228. The SMILES string of the molecule is Cl.N=C(N)c1csc(C2OC(CO)C(O)C2O)n1. The average molecular weight is 296 g/mol. The first-order chi connectivity index (χ1) is 8.04. The summed E-state index contributed by atoms with van der Waals surface area (Å²) >= 11 is 1.18. The number of ether oxygens (including phenoxy) is 1. The summed E-state index contributed by atoms with van der Waals surface area (Å²) in [6.07, 6.45) is -3.90. The van der Waals surface area contributed by atoms with Crippen LogP contribution in [0.1, 0.15) is 16.8 Å². The molecule has 0 saturated carbocycles. The molecule has 0 aromatic carbocycles. The number of nitrogens with zero attached hydrogens (tertiary/aromatic N) is 1. The number of aromatic nitrogens is 1. The molecule has 1 fully saturated rings. The molecular weight excluding hydrogens is 282 g/mol. The number of aliphatic hydroxyl groups excluding tert-OH is 3. The second-order valence-electron chi connectivity index (χ2n) is 3.74. The Morgan fingerprint density at radius 1 is 1.50 bits per heavy atom. The molecule has 4 unspecified atom stereocenters. The number of nitrogens with one attached hydrogen (secondary N) is 1. The second kappa shape index (κ2) is 5.91. The molecule has 0 spiro atoms. The van der Waals surface area contributed by atoms with Crippen LogP contribution in [-0.2, 0) is 4.74 Å². The first kappa shape index (κ1) is 15.3. The summed E-state index contributed by atoms with van der Waals surface area (Å²) in [5.41, 5.74) is 5.58. The molecule has 1 saturated heterocycles.